The molecule has 2 aromatic rings. The van der Waals surface area contributed by atoms with Gasteiger partial charge in [-0.25, -0.2) is 4.79 Å². The lowest BCUT2D eigenvalue weighted by Gasteiger charge is -2.00. The first kappa shape index (κ1) is 13.6. The largest absolute Gasteiger partial charge is 0.478 e. The molecule has 2 aromatic heterocycles. The highest BCUT2D eigenvalue weighted by atomic mass is 35.5. The molecule has 0 aromatic carbocycles. The van der Waals surface area contributed by atoms with E-state index in [1.165, 1.54) is 17.4 Å². The summed E-state index contributed by atoms with van der Waals surface area (Å²) in [4.78, 5) is 23.4. The second-order valence-electron chi connectivity index (χ2n) is 3.72. The van der Waals surface area contributed by atoms with Crippen molar-refractivity contribution in [3.63, 3.8) is 0 Å². The highest BCUT2D eigenvalue weighted by molar-refractivity contribution is 7.16. The van der Waals surface area contributed by atoms with Crippen LogP contribution >= 0.6 is 22.9 Å². The summed E-state index contributed by atoms with van der Waals surface area (Å²) in [6, 6.07) is 4.89. The minimum atomic E-state index is -1.13. The van der Waals surface area contributed by atoms with E-state index in [0.29, 0.717) is 17.3 Å². The molecule has 0 aliphatic heterocycles. The fraction of sp³-hybridized carbons (Fsp3) is 0.167. The molecule has 19 heavy (non-hydrogen) atoms. The summed E-state index contributed by atoms with van der Waals surface area (Å²) >= 11 is 7.25. The molecule has 0 saturated heterocycles. The van der Waals surface area contributed by atoms with Crippen molar-refractivity contribution in [3.8, 4) is 0 Å². The zero-order valence-corrected chi connectivity index (χ0v) is 11.3. The second kappa shape index (κ2) is 5.90. The van der Waals surface area contributed by atoms with Gasteiger partial charge in [-0.3, -0.25) is 4.79 Å². The average Bonchev–Trinajstić information content (AvgIpc) is 2.98. The van der Waals surface area contributed by atoms with Crippen LogP contribution in [0.4, 0.5) is 0 Å². The molecule has 0 atom stereocenters. The third-order valence-corrected chi connectivity index (χ3v) is 3.65. The maximum Gasteiger partial charge on any atom is 0.338 e. The van der Waals surface area contributed by atoms with Crippen LogP contribution in [-0.4, -0.2) is 23.5 Å². The molecule has 7 heteroatoms. The van der Waals surface area contributed by atoms with E-state index in [-0.39, 0.29) is 11.3 Å². The van der Waals surface area contributed by atoms with E-state index in [0.717, 1.165) is 11.1 Å². The number of aromatic carboxylic acids is 1. The number of hydrogen-bond donors (Lipinski definition) is 2. The molecule has 2 heterocycles. The number of nitrogens with one attached hydrogen (secondary N) is 1. The summed E-state index contributed by atoms with van der Waals surface area (Å²) in [5, 5.41) is 11.4. The van der Waals surface area contributed by atoms with E-state index in [1.54, 1.807) is 6.07 Å². The van der Waals surface area contributed by atoms with Crippen LogP contribution in [0.3, 0.4) is 0 Å². The monoisotopic (exact) mass is 299 g/mol. The third-order valence-electron chi connectivity index (χ3n) is 2.36. The number of halogens is 1. The quantitative estimate of drug-likeness (QED) is 0.889. The van der Waals surface area contributed by atoms with Crippen LogP contribution in [-0.2, 0) is 6.42 Å². The molecule has 0 radical (unpaired) electrons. The molecule has 0 aliphatic carbocycles. The van der Waals surface area contributed by atoms with Crippen molar-refractivity contribution in [1.29, 1.82) is 0 Å². The molecule has 2 N–H and O–H groups in total. The number of thiophene rings is 1. The Kier molecular flexibility index (Phi) is 4.24. The van der Waals surface area contributed by atoms with Crippen molar-refractivity contribution in [1.82, 2.24) is 5.32 Å². The van der Waals surface area contributed by atoms with Crippen molar-refractivity contribution < 1.29 is 19.1 Å². The Hall–Kier alpha value is -1.79. The number of carbonyl (C=O) groups excluding carboxylic acids is 1. The van der Waals surface area contributed by atoms with Crippen LogP contribution in [0, 0.1) is 0 Å². The fourth-order valence-corrected chi connectivity index (χ4v) is 2.53. The topological polar surface area (TPSA) is 79.5 Å². The third kappa shape index (κ3) is 3.59. The van der Waals surface area contributed by atoms with Gasteiger partial charge in [0.15, 0.2) is 5.76 Å². The molecule has 0 bridgehead atoms. The summed E-state index contributed by atoms with van der Waals surface area (Å²) in [7, 11) is 0. The van der Waals surface area contributed by atoms with Gasteiger partial charge in [-0.2, -0.15) is 0 Å². The standard InChI is InChI=1S/C12H10ClNO4S/c13-10-2-1-8(19-10)3-4-14-11(15)9-5-7(6-18-9)12(16)17/h1-2,5-6H,3-4H2,(H,14,15)(H,16,17). The van der Waals surface area contributed by atoms with Gasteiger partial charge in [-0.05, 0) is 18.6 Å². The van der Waals surface area contributed by atoms with E-state index < -0.39 is 11.9 Å². The normalized spacial score (nSPS) is 10.4. The van der Waals surface area contributed by atoms with Crippen LogP contribution in [0.1, 0.15) is 25.8 Å². The Morgan fingerprint density at radius 3 is 2.79 bits per heavy atom. The number of hydrogen-bond acceptors (Lipinski definition) is 4. The van der Waals surface area contributed by atoms with E-state index in [2.05, 4.69) is 5.32 Å². The van der Waals surface area contributed by atoms with Crippen LogP contribution in [0.15, 0.2) is 28.9 Å². The Morgan fingerprint density at radius 1 is 1.42 bits per heavy atom. The van der Waals surface area contributed by atoms with Gasteiger partial charge in [-0.15, -0.1) is 11.3 Å². The molecule has 1 amide bonds. The molecule has 0 saturated carbocycles. The van der Waals surface area contributed by atoms with Gasteiger partial charge >= 0.3 is 5.97 Å². The Balaban J connectivity index is 1.85. The SMILES string of the molecule is O=C(O)c1coc(C(=O)NCCc2ccc(Cl)s2)c1. The number of amides is 1. The summed E-state index contributed by atoms with van der Waals surface area (Å²) in [5.41, 5.74) is -0.0461. The molecular formula is C12H10ClNO4S. The van der Waals surface area contributed by atoms with Gasteiger partial charge in [0.1, 0.15) is 6.26 Å². The average molecular weight is 300 g/mol. The van der Waals surface area contributed by atoms with Crippen molar-refractivity contribution in [2.45, 2.75) is 6.42 Å². The van der Waals surface area contributed by atoms with Gasteiger partial charge in [0.25, 0.3) is 5.91 Å². The first-order chi connectivity index (χ1) is 9.06. The van der Waals surface area contributed by atoms with Gasteiger partial charge in [-0.1, -0.05) is 11.6 Å². The zero-order valence-electron chi connectivity index (χ0n) is 9.68. The first-order valence-electron chi connectivity index (χ1n) is 5.40. The van der Waals surface area contributed by atoms with Gasteiger partial charge < -0.3 is 14.8 Å². The Bertz CT molecular complexity index is 604. The summed E-state index contributed by atoms with van der Waals surface area (Å²) in [5.74, 6) is -1.58. The predicted octanol–water partition coefficient (Wildman–Crippen LogP) is 2.67. The van der Waals surface area contributed by atoms with E-state index in [1.807, 2.05) is 6.07 Å². The number of rotatable bonds is 5. The number of carbonyl (C=O) groups is 2. The van der Waals surface area contributed by atoms with Crippen LogP contribution < -0.4 is 5.32 Å². The molecular weight excluding hydrogens is 290 g/mol. The lowest BCUT2D eigenvalue weighted by atomic mass is 10.3. The summed E-state index contributed by atoms with van der Waals surface area (Å²) < 4.78 is 5.59. The molecule has 100 valence electrons. The van der Waals surface area contributed by atoms with Crippen molar-refractivity contribution in [2.24, 2.45) is 0 Å². The fourth-order valence-electron chi connectivity index (χ4n) is 1.44. The maximum atomic E-state index is 11.7. The molecule has 0 unspecified atom stereocenters. The lowest BCUT2D eigenvalue weighted by Crippen LogP contribution is -2.25. The minimum Gasteiger partial charge on any atom is -0.478 e. The minimum absolute atomic E-state index is 0.0124. The Labute approximate surface area is 117 Å². The van der Waals surface area contributed by atoms with E-state index in [4.69, 9.17) is 21.1 Å². The molecule has 0 fully saturated rings. The van der Waals surface area contributed by atoms with Crippen molar-refractivity contribution in [2.75, 3.05) is 6.54 Å². The molecule has 2 rings (SSSR count). The molecule has 5 nitrogen and oxygen atoms in total. The smallest absolute Gasteiger partial charge is 0.338 e. The second-order valence-corrected chi connectivity index (χ2v) is 5.52. The number of carboxylic acid groups (broad SMARTS) is 1. The highest BCUT2D eigenvalue weighted by Gasteiger charge is 2.14. The van der Waals surface area contributed by atoms with Crippen molar-refractivity contribution >= 4 is 34.8 Å². The summed E-state index contributed by atoms with van der Waals surface area (Å²) in [6.07, 6.45) is 1.70. The zero-order chi connectivity index (χ0) is 13.8. The number of carboxylic acids is 1. The highest BCUT2D eigenvalue weighted by Crippen LogP contribution is 2.21. The first-order valence-corrected chi connectivity index (χ1v) is 6.60. The number of furan rings is 1. The van der Waals surface area contributed by atoms with Gasteiger partial charge in [0, 0.05) is 17.5 Å². The van der Waals surface area contributed by atoms with Gasteiger partial charge in [0.2, 0.25) is 0 Å². The maximum absolute atomic E-state index is 11.7. The predicted molar refractivity (Wildman–Crippen MR) is 71.0 cm³/mol. The van der Waals surface area contributed by atoms with Crippen molar-refractivity contribution in [3.05, 3.63) is 45.0 Å². The van der Waals surface area contributed by atoms with Crippen LogP contribution in [0.5, 0.6) is 0 Å². The molecule has 0 aliphatic rings. The van der Waals surface area contributed by atoms with Crippen LogP contribution in [0.2, 0.25) is 4.34 Å². The van der Waals surface area contributed by atoms with Gasteiger partial charge in [0.05, 0.1) is 9.90 Å². The lowest BCUT2D eigenvalue weighted by molar-refractivity contribution is 0.0696. The summed E-state index contributed by atoms with van der Waals surface area (Å²) in [6.45, 7) is 0.429. The Morgan fingerprint density at radius 2 is 2.21 bits per heavy atom. The van der Waals surface area contributed by atoms with E-state index >= 15 is 0 Å². The molecule has 0 spiro atoms. The van der Waals surface area contributed by atoms with E-state index in [9.17, 15) is 9.59 Å². The van der Waals surface area contributed by atoms with Crippen LogP contribution in [0.25, 0.3) is 0 Å².